The predicted molar refractivity (Wildman–Crippen MR) is 66.9 cm³/mol. The highest BCUT2D eigenvalue weighted by Gasteiger charge is 2.34. The van der Waals surface area contributed by atoms with Crippen molar-refractivity contribution in [3.63, 3.8) is 0 Å². The van der Waals surface area contributed by atoms with Gasteiger partial charge in [0.1, 0.15) is 5.31 Å². The Morgan fingerprint density at radius 1 is 1.41 bits per heavy atom. The van der Waals surface area contributed by atoms with Gasteiger partial charge in [-0.15, -0.1) is 0 Å². The molecule has 0 aromatic heterocycles. The summed E-state index contributed by atoms with van der Waals surface area (Å²) in [4.78, 5) is 12.0. The standard InChI is InChI=1S/C12H19O4P/c1-4-15-17(14,16-5-2)10(3)12(13)11-8-6-7-9-11/h8H,3-7,9H2,1-2H3. The molecule has 1 rings (SSSR count). The van der Waals surface area contributed by atoms with Gasteiger partial charge in [-0.3, -0.25) is 9.36 Å². The van der Waals surface area contributed by atoms with Crippen LogP contribution in [-0.4, -0.2) is 19.0 Å². The largest absolute Gasteiger partial charge is 0.364 e. The molecule has 0 unspecified atom stereocenters. The van der Waals surface area contributed by atoms with Crippen LogP contribution in [0.3, 0.4) is 0 Å². The van der Waals surface area contributed by atoms with Crippen LogP contribution < -0.4 is 0 Å². The first-order valence-electron chi connectivity index (χ1n) is 5.87. The molecule has 1 aliphatic carbocycles. The van der Waals surface area contributed by atoms with Gasteiger partial charge in [0.25, 0.3) is 0 Å². The number of rotatable bonds is 7. The normalized spacial score (nSPS) is 15.8. The van der Waals surface area contributed by atoms with Gasteiger partial charge in [0.2, 0.25) is 0 Å². The van der Waals surface area contributed by atoms with E-state index >= 15 is 0 Å². The fourth-order valence-corrected chi connectivity index (χ4v) is 3.18. The molecule has 96 valence electrons. The van der Waals surface area contributed by atoms with Crippen molar-refractivity contribution in [3.05, 3.63) is 23.5 Å². The van der Waals surface area contributed by atoms with Crippen molar-refractivity contribution in [3.8, 4) is 0 Å². The molecule has 0 spiro atoms. The summed E-state index contributed by atoms with van der Waals surface area (Å²) in [7, 11) is -3.50. The first kappa shape index (κ1) is 14.4. The second kappa shape index (κ2) is 6.29. The summed E-state index contributed by atoms with van der Waals surface area (Å²) in [6, 6.07) is 0. The average molecular weight is 258 g/mol. The van der Waals surface area contributed by atoms with Crippen molar-refractivity contribution < 1.29 is 18.4 Å². The molecule has 0 aromatic rings. The van der Waals surface area contributed by atoms with E-state index < -0.39 is 7.60 Å². The Kier molecular flexibility index (Phi) is 5.31. The zero-order valence-electron chi connectivity index (χ0n) is 10.4. The van der Waals surface area contributed by atoms with Crippen LogP contribution in [0.5, 0.6) is 0 Å². The fraction of sp³-hybridized carbons (Fsp3) is 0.583. The number of ketones is 1. The van der Waals surface area contributed by atoms with E-state index in [0.717, 1.165) is 19.3 Å². The van der Waals surface area contributed by atoms with Gasteiger partial charge in [-0.25, -0.2) is 0 Å². The second-order valence-electron chi connectivity index (χ2n) is 3.73. The fourth-order valence-electron chi connectivity index (χ4n) is 1.72. The lowest BCUT2D eigenvalue weighted by atomic mass is 10.1. The van der Waals surface area contributed by atoms with Gasteiger partial charge in [-0.05, 0) is 38.7 Å². The van der Waals surface area contributed by atoms with Crippen LogP contribution in [-0.2, 0) is 18.4 Å². The topological polar surface area (TPSA) is 52.6 Å². The third-order valence-electron chi connectivity index (χ3n) is 2.52. The minimum Gasteiger partial charge on any atom is -0.305 e. The number of carbonyl (C=O) groups excluding carboxylic acids is 1. The van der Waals surface area contributed by atoms with Crippen LogP contribution in [0, 0.1) is 0 Å². The number of hydrogen-bond acceptors (Lipinski definition) is 4. The Bertz CT molecular complexity index is 374. The van der Waals surface area contributed by atoms with Crippen LogP contribution in [0.4, 0.5) is 0 Å². The lowest BCUT2D eigenvalue weighted by molar-refractivity contribution is -0.111. The van der Waals surface area contributed by atoms with E-state index in [1.165, 1.54) is 0 Å². The molecule has 0 heterocycles. The smallest absolute Gasteiger partial charge is 0.305 e. The predicted octanol–water partition coefficient (Wildman–Crippen LogP) is 3.45. The van der Waals surface area contributed by atoms with E-state index in [0.29, 0.717) is 5.57 Å². The average Bonchev–Trinajstić information content (AvgIpc) is 2.81. The first-order valence-corrected chi connectivity index (χ1v) is 7.41. The quantitative estimate of drug-likeness (QED) is 0.518. The highest BCUT2D eigenvalue weighted by Crippen LogP contribution is 2.56. The Balaban J connectivity index is 2.84. The summed E-state index contributed by atoms with van der Waals surface area (Å²) in [5, 5.41) is -0.0469. The first-order chi connectivity index (χ1) is 8.05. The van der Waals surface area contributed by atoms with Crippen molar-refractivity contribution in [2.45, 2.75) is 33.1 Å². The van der Waals surface area contributed by atoms with Gasteiger partial charge in [0, 0.05) is 0 Å². The second-order valence-corrected chi connectivity index (χ2v) is 5.78. The molecular weight excluding hydrogens is 239 g/mol. The summed E-state index contributed by atoms with van der Waals surface area (Å²) in [6.45, 7) is 7.47. The maximum Gasteiger partial charge on any atom is 0.364 e. The molecule has 0 N–H and O–H groups in total. The van der Waals surface area contributed by atoms with Gasteiger partial charge >= 0.3 is 7.60 Å². The van der Waals surface area contributed by atoms with Crippen LogP contribution in [0.15, 0.2) is 23.5 Å². The van der Waals surface area contributed by atoms with Crippen molar-refractivity contribution in [2.24, 2.45) is 0 Å². The van der Waals surface area contributed by atoms with E-state index in [1.807, 2.05) is 6.08 Å². The molecule has 0 aliphatic heterocycles. The van der Waals surface area contributed by atoms with Crippen LogP contribution >= 0.6 is 7.60 Å². The summed E-state index contributed by atoms with van der Waals surface area (Å²) >= 11 is 0. The molecule has 5 heteroatoms. The van der Waals surface area contributed by atoms with Gasteiger partial charge in [-0.2, -0.15) is 0 Å². The van der Waals surface area contributed by atoms with Gasteiger partial charge < -0.3 is 9.05 Å². The lowest BCUT2D eigenvalue weighted by Gasteiger charge is -2.18. The molecule has 0 amide bonds. The number of hydrogen-bond donors (Lipinski definition) is 0. The molecule has 0 aromatic carbocycles. The van der Waals surface area contributed by atoms with Gasteiger partial charge in [0.15, 0.2) is 5.78 Å². The number of allylic oxidation sites excluding steroid dienone is 3. The molecule has 0 atom stereocenters. The highest BCUT2D eigenvalue weighted by atomic mass is 31.2. The van der Waals surface area contributed by atoms with Crippen molar-refractivity contribution in [2.75, 3.05) is 13.2 Å². The van der Waals surface area contributed by atoms with Gasteiger partial charge in [-0.1, -0.05) is 12.7 Å². The van der Waals surface area contributed by atoms with E-state index in [4.69, 9.17) is 9.05 Å². The molecule has 1 aliphatic rings. The third-order valence-corrected chi connectivity index (χ3v) is 4.58. The minimum absolute atomic E-state index is 0.0469. The minimum atomic E-state index is -3.50. The molecular formula is C12H19O4P. The molecule has 17 heavy (non-hydrogen) atoms. The Labute approximate surface area is 102 Å². The number of carbonyl (C=O) groups is 1. The lowest BCUT2D eigenvalue weighted by Crippen LogP contribution is -2.08. The number of Topliss-reactive ketones (excluding diaryl/α,β-unsaturated/α-hetero) is 1. The molecule has 4 nitrogen and oxygen atoms in total. The van der Waals surface area contributed by atoms with Crippen molar-refractivity contribution in [1.29, 1.82) is 0 Å². The zero-order chi connectivity index (χ0) is 12.9. The van der Waals surface area contributed by atoms with E-state index in [2.05, 4.69) is 6.58 Å². The summed E-state index contributed by atoms with van der Waals surface area (Å²) in [6.07, 6.45) is 4.44. The maximum atomic E-state index is 12.3. The van der Waals surface area contributed by atoms with Crippen LogP contribution in [0.25, 0.3) is 0 Å². The van der Waals surface area contributed by atoms with Crippen LogP contribution in [0.1, 0.15) is 33.1 Å². The van der Waals surface area contributed by atoms with Crippen LogP contribution in [0.2, 0.25) is 0 Å². The van der Waals surface area contributed by atoms with E-state index in [-0.39, 0.29) is 24.3 Å². The van der Waals surface area contributed by atoms with E-state index in [9.17, 15) is 9.36 Å². The molecule has 0 fully saturated rings. The molecule has 0 bridgehead atoms. The molecule has 0 radical (unpaired) electrons. The Morgan fingerprint density at radius 2 is 2.00 bits per heavy atom. The molecule has 0 saturated carbocycles. The Hall–Kier alpha value is -0.700. The van der Waals surface area contributed by atoms with Crippen molar-refractivity contribution in [1.82, 2.24) is 0 Å². The maximum absolute atomic E-state index is 12.3. The van der Waals surface area contributed by atoms with Crippen molar-refractivity contribution >= 4 is 13.4 Å². The van der Waals surface area contributed by atoms with Gasteiger partial charge in [0.05, 0.1) is 13.2 Å². The zero-order valence-corrected chi connectivity index (χ0v) is 11.3. The summed E-state index contributed by atoms with van der Waals surface area (Å²) in [5.74, 6) is -0.285. The SMILES string of the molecule is C=C(C(=O)C1=CCCC1)P(=O)(OCC)OCC. The summed E-state index contributed by atoms with van der Waals surface area (Å²) < 4.78 is 22.5. The van der Waals surface area contributed by atoms with E-state index in [1.54, 1.807) is 13.8 Å². The molecule has 0 saturated heterocycles. The highest BCUT2D eigenvalue weighted by molar-refractivity contribution is 7.60. The summed E-state index contributed by atoms with van der Waals surface area (Å²) in [5.41, 5.74) is 0.676. The monoisotopic (exact) mass is 258 g/mol. The Morgan fingerprint density at radius 3 is 2.41 bits per heavy atom. The third kappa shape index (κ3) is 3.38.